The molecule has 0 unspecified atom stereocenters. The number of halogens is 1. The van der Waals surface area contributed by atoms with Crippen LogP contribution in [-0.4, -0.2) is 65.6 Å². The molecule has 2 heterocycles. The van der Waals surface area contributed by atoms with E-state index in [1.807, 2.05) is 12.1 Å². The highest BCUT2D eigenvalue weighted by molar-refractivity contribution is 8.00. The zero-order valence-electron chi connectivity index (χ0n) is 17.1. The number of rotatable bonds is 7. The average Bonchev–Trinajstić information content (AvgIpc) is 2.79. The van der Waals surface area contributed by atoms with Crippen LogP contribution in [-0.2, 0) is 0 Å². The van der Waals surface area contributed by atoms with Crippen molar-refractivity contribution in [2.24, 2.45) is 0 Å². The Balaban J connectivity index is 1.62. The maximum atomic E-state index is 13.0. The van der Waals surface area contributed by atoms with Crippen LogP contribution in [0.5, 0.6) is 5.75 Å². The molecule has 9 heteroatoms. The molecule has 160 valence electrons. The minimum absolute atomic E-state index is 0.133. The number of hydrogen-bond acceptors (Lipinski definition) is 6. The van der Waals surface area contributed by atoms with Crippen LogP contribution in [0.4, 0.5) is 10.1 Å². The predicted octanol–water partition coefficient (Wildman–Crippen LogP) is 3.30. The summed E-state index contributed by atoms with van der Waals surface area (Å²) in [6, 6.07) is 8.02. The van der Waals surface area contributed by atoms with E-state index in [2.05, 4.69) is 16.6 Å². The Morgan fingerprint density at radius 1 is 1.13 bits per heavy atom. The van der Waals surface area contributed by atoms with Crippen LogP contribution in [0, 0.1) is 5.82 Å². The molecule has 1 saturated heterocycles. The lowest BCUT2D eigenvalue weighted by molar-refractivity contribution is 0.0530. The molecule has 0 bridgehead atoms. The molecule has 1 fully saturated rings. The molecule has 7 nitrogen and oxygen atoms in total. The van der Waals surface area contributed by atoms with Crippen molar-refractivity contribution in [2.75, 3.05) is 43.8 Å². The normalized spacial score (nSPS) is 13.8. The van der Waals surface area contributed by atoms with Gasteiger partial charge in [-0.05, 0) is 30.7 Å². The summed E-state index contributed by atoms with van der Waals surface area (Å²) >= 11 is 1.61. The van der Waals surface area contributed by atoms with Gasteiger partial charge in [-0.25, -0.2) is 9.37 Å². The predicted molar refractivity (Wildman–Crippen MR) is 115 cm³/mol. The third-order valence-electron chi connectivity index (χ3n) is 4.73. The van der Waals surface area contributed by atoms with Gasteiger partial charge >= 0.3 is 0 Å². The fourth-order valence-corrected chi connectivity index (χ4v) is 3.71. The van der Waals surface area contributed by atoms with Crippen molar-refractivity contribution in [3.8, 4) is 5.75 Å². The third kappa shape index (κ3) is 5.21. The summed E-state index contributed by atoms with van der Waals surface area (Å²) in [6.45, 7) is 3.70. The lowest BCUT2D eigenvalue weighted by atomic mass is 10.1. The Bertz CT molecular complexity index is 886. The van der Waals surface area contributed by atoms with Crippen molar-refractivity contribution in [3.05, 3.63) is 53.6 Å². The molecule has 30 heavy (non-hydrogen) atoms. The summed E-state index contributed by atoms with van der Waals surface area (Å²) in [7, 11) is 1.54. The number of carbonyl (C=O) groups is 2. The van der Waals surface area contributed by atoms with Crippen molar-refractivity contribution in [3.63, 3.8) is 0 Å². The molecule has 0 aliphatic carbocycles. The van der Waals surface area contributed by atoms with Gasteiger partial charge in [-0.3, -0.25) is 9.59 Å². The SMILES string of the molecule is CCCSNc1ccc(C(=O)N2CCN(C(=O)c3ccc(F)cn3)CC2)c(OC)c1. The van der Waals surface area contributed by atoms with Gasteiger partial charge in [-0.1, -0.05) is 18.9 Å². The zero-order chi connectivity index (χ0) is 21.5. The molecule has 1 N–H and O–H groups in total. The largest absolute Gasteiger partial charge is 0.496 e. The van der Waals surface area contributed by atoms with E-state index in [9.17, 15) is 14.0 Å². The molecule has 1 aliphatic rings. The van der Waals surface area contributed by atoms with E-state index in [0.717, 1.165) is 24.1 Å². The molecular weight excluding hydrogens is 407 g/mol. The summed E-state index contributed by atoms with van der Waals surface area (Å²) in [5, 5.41) is 0. The molecule has 2 amide bonds. The highest BCUT2D eigenvalue weighted by Crippen LogP contribution is 2.26. The second kappa shape index (κ2) is 10.3. The van der Waals surface area contributed by atoms with E-state index < -0.39 is 5.82 Å². The lowest BCUT2D eigenvalue weighted by Crippen LogP contribution is -2.50. The summed E-state index contributed by atoms with van der Waals surface area (Å²) in [4.78, 5) is 32.7. The van der Waals surface area contributed by atoms with Crippen LogP contribution < -0.4 is 9.46 Å². The number of nitrogens with one attached hydrogen (secondary N) is 1. The molecule has 2 aromatic rings. The Hall–Kier alpha value is -2.81. The first-order valence-corrected chi connectivity index (χ1v) is 10.8. The summed E-state index contributed by atoms with van der Waals surface area (Å²) in [6.07, 6.45) is 2.09. The van der Waals surface area contributed by atoms with Crippen molar-refractivity contribution < 1.29 is 18.7 Å². The second-order valence-corrected chi connectivity index (χ2v) is 7.71. The third-order valence-corrected chi connectivity index (χ3v) is 5.72. The van der Waals surface area contributed by atoms with Crippen LogP contribution in [0.15, 0.2) is 36.5 Å². The zero-order valence-corrected chi connectivity index (χ0v) is 17.9. The van der Waals surface area contributed by atoms with Gasteiger partial charge in [0.05, 0.1) is 18.9 Å². The van der Waals surface area contributed by atoms with Gasteiger partial charge < -0.3 is 19.3 Å². The van der Waals surface area contributed by atoms with E-state index in [-0.39, 0.29) is 17.5 Å². The number of amides is 2. The van der Waals surface area contributed by atoms with Gasteiger partial charge in [-0.15, -0.1) is 0 Å². The quantitative estimate of drug-likeness (QED) is 0.535. The van der Waals surface area contributed by atoms with E-state index in [0.29, 0.717) is 37.5 Å². The highest BCUT2D eigenvalue weighted by atomic mass is 32.2. The van der Waals surface area contributed by atoms with Gasteiger partial charge in [0.1, 0.15) is 17.3 Å². The number of anilines is 1. The Morgan fingerprint density at radius 3 is 2.43 bits per heavy atom. The van der Waals surface area contributed by atoms with Crippen LogP contribution in [0.25, 0.3) is 0 Å². The molecule has 0 saturated carbocycles. The van der Waals surface area contributed by atoms with E-state index in [1.165, 1.54) is 12.1 Å². The molecule has 1 aromatic heterocycles. The monoisotopic (exact) mass is 432 g/mol. The van der Waals surface area contributed by atoms with Crippen molar-refractivity contribution in [1.29, 1.82) is 0 Å². The van der Waals surface area contributed by atoms with Gasteiger partial charge in [0.15, 0.2) is 0 Å². The maximum absolute atomic E-state index is 13.0. The number of carbonyl (C=O) groups excluding carboxylic acids is 2. The van der Waals surface area contributed by atoms with Gasteiger partial charge in [-0.2, -0.15) is 0 Å². The fourth-order valence-electron chi connectivity index (χ4n) is 3.12. The fraction of sp³-hybridized carbons (Fsp3) is 0.381. The first-order valence-electron chi connectivity index (χ1n) is 9.79. The summed E-state index contributed by atoms with van der Waals surface area (Å²) in [5.74, 6) is 0.614. The number of aromatic nitrogens is 1. The van der Waals surface area contributed by atoms with Crippen LogP contribution in [0.2, 0.25) is 0 Å². The molecule has 0 spiro atoms. The summed E-state index contributed by atoms with van der Waals surface area (Å²) < 4.78 is 21.7. The first-order chi connectivity index (χ1) is 14.5. The van der Waals surface area contributed by atoms with Crippen molar-refractivity contribution >= 4 is 29.4 Å². The molecule has 0 radical (unpaired) electrons. The Morgan fingerprint density at radius 2 is 1.83 bits per heavy atom. The number of pyridine rings is 1. The lowest BCUT2D eigenvalue weighted by Gasteiger charge is -2.34. The Kier molecular flexibility index (Phi) is 7.51. The highest BCUT2D eigenvalue weighted by Gasteiger charge is 2.27. The minimum Gasteiger partial charge on any atom is -0.496 e. The number of methoxy groups -OCH3 is 1. The molecule has 1 aromatic carbocycles. The average molecular weight is 433 g/mol. The summed E-state index contributed by atoms with van der Waals surface area (Å²) in [5.41, 5.74) is 1.56. The van der Waals surface area contributed by atoms with Crippen LogP contribution in [0.1, 0.15) is 34.2 Å². The van der Waals surface area contributed by atoms with Crippen molar-refractivity contribution in [2.45, 2.75) is 13.3 Å². The standard InChI is InChI=1S/C21H25FN4O3S/c1-3-12-30-24-16-5-6-17(19(13-16)29-2)20(27)25-8-10-26(11-9-25)21(28)18-7-4-15(22)14-23-18/h4-7,13-14,24H,3,8-12H2,1-2H3. The molecule has 0 atom stereocenters. The van der Waals surface area contributed by atoms with E-state index >= 15 is 0 Å². The van der Waals surface area contributed by atoms with E-state index in [4.69, 9.17) is 4.74 Å². The first kappa shape index (κ1) is 21.9. The number of benzene rings is 1. The molecular formula is C21H25FN4O3S. The Labute approximate surface area is 179 Å². The van der Waals surface area contributed by atoms with Gasteiger partial charge in [0, 0.05) is 43.7 Å². The second-order valence-electron chi connectivity index (χ2n) is 6.81. The number of hydrogen-bond donors (Lipinski definition) is 1. The number of piperazine rings is 1. The van der Waals surface area contributed by atoms with Crippen molar-refractivity contribution in [1.82, 2.24) is 14.8 Å². The van der Waals surface area contributed by atoms with Gasteiger partial charge in [0.2, 0.25) is 0 Å². The van der Waals surface area contributed by atoms with Crippen LogP contribution in [0.3, 0.4) is 0 Å². The van der Waals surface area contributed by atoms with E-state index in [1.54, 1.807) is 34.9 Å². The number of ether oxygens (including phenoxy) is 1. The number of nitrogens with zero attached hydrogens (tertiary/aromatic N) is 3. The smallest absolute Gasteiger partial charge is 0.272 e. The molecule has 1 aliphatic heterocycles. The minimum atomic E-state index is -0.485. The molecule has 3 rings (SSSR count). The maximum Gasteiger partial charge on any atom is 0.272 e. The topological polar surface area (TPSA) is 74.8 Å². The van der Waals surface area contributed by atoms with Gasteiger partial charge in [0.25, 0.3) is 11.8 Å². The van der Waals surface area contributed by atoms with Crippen LogP contribution >= 0.6 is 11.9 Å².